The lowest BCUT2D eigenvalue weighted by Gasteiger charge is -2.38. The normalized spacial score (nSPS) is 26.2. The summed E-state index contributed by atoms with van der Waals surface area (Å²) in [6.45, 7) is 7.82. The van der Waals surface area contributed by atoms with Crippen molar-refractivity contribution < 1.29 is 14.3 Å². The van der Waals surface area contributed by atoms with E-state index in [1.54, 1.807) is 0 Å². The Balaban J connectivity index is 2.08. The summed E-state index contributed by atoms with van der Waals surface area (Å²) in [6, 6.07) is 0. The molecule has 1 atom stereocenters. The lowest BCUT2D eigenvalue weighted by Crippen LogP contribution is -2.49. The summed E-state index contributed by atoms with van der Waals surface area (Å²) in [6.07, 6.45) is 4.43. The van der Waals surface area contributed by atoms with Crippen LogP contribution in [0.25, 0.3) is 0 Å². The molecule has 0 aromatic heterocycles. The number of halogens is 1. The molecule has 2 amide bonds. The van der Waals surface area contributed by atoms with Crippen LogP contribution >= 0.6 is 11.6 Å². The molecule has 6 heteroatoms. The first-order chi connectivity index (χ1) is 10.3. The summed E-state index contributed by atoms with van der Waals surface area (Å²) < 4.78 is 5.57. The molecule has 5 nitrogen and oxygen atoms in total. The second-order valence-corrected chi connectivity index (χ2v) is 7.60. The average molecular weight is 331 g/mol. The van der Waals surface area contributed by atoms with Crippen molar-refractivity contribution in [2.24, 2.45) is 0 Å². The predicted molar refractivity (Wildman–Crippen MR) is 86.1 cm³/mol. The van der Waals surface area contributed by atoms with Gasteiger partial charge in [0, 0.05) is 25.2 Å². The van der Waals surface area contributed by atoms with Crippen LogP contribution < -0.4 is 0 Å². The molecule has 22 heavy (non-hydrogen) atoms. The molecule has 2 aliphatic heterocycles. The maximum atomic E-state index is 12.5. The van der Waals surface area contributed by atoms with Crippen molar-refractivity contribution in [1.29, 1.82) is 0 Å². The van der Waals surface area contributed by atoms with Gasteiger partial charge in [-0.3, -0.25) is 4.79 Å². The Morgan fingerprint density at radius 3 is 2.32 bits per heavy atom. The van der Waals surface area contributed by atoms with Gasteiger partial charge in [0.25, 0.3) is 0 Å². The number of carbonyl (C=O) groups is 2. The van der Waals surface area contributed by atoms with E-state index in [2.05, 4.69) is 0 Å². The number of nitrogens with zero attached hydrogens (tertiary/aromatic N) is 2. The van der Waals surface area contributed by atoms with Crippen molar-refractivity contribution in [2.45, 2.75) is 64.0 Å². The largest absolute Gasteiger partial charge is 0.444 e. The Hall–Kier alpha value is -0.970. The number of hydrogen-bond donors (Lipinski definition) is 0. The molecule has 0 aromatic carbocycles. The summed E-state index contributed by atoms with van der Waals surface area (Å²) in [5.41, 5.74) is -0.629. The summed E-state index contributed by atoms with van der Waals surface area (Å²) in [7, 11) is 0. The number of hydrogen-bond acceptors (Lipinski definition) is 3. The van der Waals surface area contributed by atoms with Gasteiger partial charge >= 0.3 is 6.09 Å². The average Bonchev–Trinajstić information content (AvgIpc) is 2.71. The van der Waals surface area contributed by atoms with Crippen LogP contribution in [0.3, 0.4) is 0 Å². The summed E-state index contributed by atoms with van der Waals surface area (Å²) >= 11 is 5.67. The second kappa shape index (κ2) is 6.65. The molecule has 0 bridgehead atoms. The monoisotopic (exact) mass is 330 g/mol. The van der Waals surface area contributed by atoms with Gasteiger partial charge in [-0.2, -0.15) is 0 Å². The van der Waals surface area contributed by atoms with Crippen LogP contribution in [0.15, 0.2) is 0 Å². The highest BCUT2D eigenvalue weighted by Crippen LogP contribution is 2.39. The van der Waals surface area contributed by atoms with Crippen molar-refractivity contribution in [3.8, 4) is 0 Å². The number of amides is 2. The van der Waals surface area contributed by atoms with Crippen LogP contribution in [0, 0.1) is 0 Å². The van der Waals surface area contributed by atoms with Gasteiger partial charge in [0.1, 0.15) is 11.5 Å². The van der Waals surface area contributed by atoms with Crippen LogP contribution in [0.4, 0.5) is 4.79 Å². The number of carbonyl (C=O) groups excluding carboxylic acids is 2. The fourth-order valence-electron chi connectivity index (χ4n) is 3.57. The molecule has 2 fully saturated rings. The minimum atomic E-state index is -0.480. The quantitative estimate of drug-likeness (QED) is 0.694. The fourth-order valence-corrected chi connectivity index (χ4v) is 3.74. The lowest BCUT2D eigenvalue weighted by atomic mass is 9.88. The van der Waals surface area contributed by atoms with Gasteiger partial charge in [0.2, 0.25) is 5.91 Å². The van der Waals surface area contributed by atoms with Gasteiger partial charge in [-0.1, -0.05) is 0 Å². The van der Waals surface area contributed by atoms with E-state index < -0.39 is 5.60 Å². The van der Waals surface area contributed by atoms with E-state index in [-0.39, 0.29) is 23.4 Å². The second-order valence-electron chi connectivity index (χ2n) is 7.33. The third-order valence-corrected chi connectivity index (χ3v) is 4.82. The van der Waals surface area contributed by atoms with Crippen LogP contribution in [-0.2, 0) is 9.53 Å². The zero-order valence-electron chi connectivity index (χ0n) is 13.9. The van der Waals surface area contributed by atoms with E-state index in [4.69, 9.17) is 16.3 Å². The third-order valence-electron chi connectivity index (χ3n) is 4.59. The minimum absolute atomic E-state index is 0.0134. The van der Waals surface area contributed by atoms with Crippen LogP contribution in [0.2, 0.25) is 0 Å². The first kappa shape index (κ1) is 17.4. The van der Waals surface area contributed by atoms with Gasteiger partial charge in [-0.05, 0) is 52.9 Å². The molecule has 0 saturated carbocycles. The first-order valence-corrected chi connectivity index (χ1v) is 8.65. The summed E-state index contributed by atoms with van der Waals surface area (Å²) in [5, 5.41) is 0. The SMILES string of the molecule is CC(C)(C)OC(=O)N1CCCC12CCCN(C(=O)CCl)CC2. The Labute approximate surface area is 137 Å². The van der Waals surface area contributed by atoms with Crippen molar-refractivity contribution in [3.05, 3.63) is 0 Å². The molecule has 2 rings (SSSR count). The van der Waals surface area contributed by atoms with E-state index in [1.807, 2.05) is 30.6 Å². The topological polar surface area (TPSA) is 49.9 Å². The molecule has 1 spiro atoms. The molecule has 2 aliphatic rings. The maximum Gasteiger partial charge on any atom is 0.410 e. The van der Waals surface area contributed by atoms with E-state index in [0.29, 0.717) is 6.54 Å². The van der Waals surface area contributed by atoms with Crippen molar-refractivity contribution >= 4 is 23.6 Å². The molecule has 0 aliphatic carbocycles. The zero-order valence-corrected chi connectivity index (χ0v) is 14.6. The molecule has 2 heterocycles. The van der Waals surface area contributed by atoms with E-state index in [1.165, 1.54) is 0 Å². The Morgan fingerprint density at radius 2 is 1.73 bits per heavy atom. The third kappa shape index (κ3) is 3.86. The molecule has 0 aromatic rings. The number of rotatable bonds is 1. The van der Waals surface area contributed by atoms with E-state index in [9.17, 15) is 9.59 Å². The van der Waals surface area contributed by atoms with Crippen molar-refractivity contribution in [1.82, 2.24) is 9.80 Å². The standard InChI is InChI=1S/C16H27ClN2O3/c1-15(2,3)22-14(21)19-10-5-7-16(19)6-4-9-18(11-8-16)13(20)12-17/h4-12H2,1-3H3. The molecular formula is C16H27ClN2O3. The Kier molecular flexibility index (Phi) is 5.25. The Morgan fingerprint density at radius 1 is 1.09 bits per heavy atom. The smallest absolute Gasteiger partial charge is 0.410 e. The molecule has 0 radical (unpaired) electrons. The molecular weight excluding hydrogens is 304 g/mol. The maximum absolute atomic E-state index is 12.5. The number of alkyl halides is 1. The van der Waals surface area contributed by atoms with Crippen LogP contribution in [0.5, 0.6) is 0 Å². The Bertz CT molecular complexity index is 436. The molecule has 126 valence electrons. The predicted octanol–water partition coefficient (Wildman–Crippen LogP) is 3.01. The molecule has 1 unspecified atom stereocenters. The van der Waals surface area contributed by atoms with Crippen molar-refractivity contribution in [2.75, 3.05) is 25.5 Å². The lowest BCUT2D eigenvalue weighted by molar-refractivity contribution is -0.128. The van der Waals surface area contributed by atoms with Gasteiger partial charge < -0.3 is 14.5 Å². The number of ether oxygens (including phenoxy) is 1. The van der Waals surface area contributed by atoms with Crippen molar-refractivity contribution in [3.63, 3.8) is 0 Å². The van der Waals surface area contributed by atoms with Gasteiger partial charge in [-0.25, -0.2) is 4.79 Å². The summed E-state index contributed by atoms with van der Waals surface area (Å²) in [4.78, 5) is 28.1. The van der Waals surface area contributed by atoms with E-state index >= 15 is 0 Å². The highest BCUT2D eigenvalue weighted by atomic mass is 35.5. The highest BCUT2D eigenvalue weighted by Gasteiger charge is 2.45. The van der Waals surface area contributed by atoms with Gasteiger partial charge in [0.15, 0.2) is 0 Å². The van der Waals surface area contributed by atoms with Crippen LogP contribution in [-0.4, -0.2) is 58.5 Å². The highest BCUT2D eigenvalue weighted by molar-refractivity contribution is 6.27. The van der Waals surface area contributed by atoms with Gasteiger partial charge in [0.05, 0.1) is 0 Å². The minimum Gasteiger partial charge on any atom is -0.444 e. The zero-order chi connectivity index (χ0) is 16.4. The number of likely N-dealkylation sites (tertiary alicyclic amines) is 2. The fraction of sp³-hybridized carbons (Fsp3) is 0.875. The van der Waals surface area contributed by atoms with Crippen LogP contribution in [0.1, 0.15) is 52.9 Å². The summed E-state index contributed by atoms with van der Waals surface area (Å²) in [5.74, 6) is 0.0171. The molecule has 2 saturated heterocycles. The van der Waals surface area contributed by atoms with Gasteiger partial charge in [-0.15, -0.1) is 11.6 Å². The first-order valence-electron chi connectivity index (χ1n) is 8.12. The molecule has 0 N–H and O–H groups in total. The van der Waals surface area contributed by atoms with E-state index in [0.717, 1.165) is 45.2 Å².